The van der Waals surface area contributed by atoms with Crippen molar-refractivity contribution >= 4 is 5.91 Å². The van der Waals surface area contributed by atoms with Crippen LogP contribution in [0.4, 0.5) is 0 Å². The van der Waals surface area contributed by atoms with E-state index in [1.165, 1.54) is 0 Å². The molecule has 1 heterocycles. The normalized spacial score (nSPS) is 19.3. The number of ether oxygens (including phenoxy) is 2. The Morgan fingerprint density at radius 3 is 2.64 bits per heavy atom. The molecule has 1 amide bonds. The van der Waals surface area contributed by atoms with E-state index in [0.717, 1.165) is 22.6 Å². The monoisotopic (exact) mass is 339 g/mol. The van der Waals surface area contributed by atoms with Crippen LogP contribution < -0.4 is 14.8 Å². The van der Waals surface area contributed by atoms with Crippen molar-refractivity contribution in [2.24, 2.45) is 0 Å². The summed E-state index contributed by atoms with van der Waals surface area (Å²) in [5, 5.41) is 3.13. The minimum atomic E-state index is -0.570. The van der Waals surface area contributed by atoms with Crippen LogP contribution in [0.3, 0.4) is 0 Å². The van der Waals surface area contributed by atoms with Crippen molar-refractivity contribution in [3.8, 4) is 11.5 Å². The summed E-state index contributed by atoms with van der Waals surface area (Å²) >= 11 is 0. The summed E-state index contributed by atoms with van der Waals surface area (Å²) in [4.78, 5) is 12.7. The number of hydrogen-bond donors (Lipinski definition) is 1. The average molecular weight is 339 g/mol. The maximum Gasteiger partial charge on any atom is 0.261 e. The molecule has 0 fully saturated rings. The summed E-state index contributed by atoms with van der Waals surface area (Å²) in [5.41, 5.74) is 1.70. The van der Waals surface area contributed by atoms with Crippen LogP contribution in [0, 0.1) is 6.92 Å². The molecule has 0 aliphatic carbocycles. The smallest absolute Gasteiger partial charge is 0.261 e. The molecule has 3 rings (SSSR count). The minimum Gasteiger partial charge on any atom is -0.487 e. The van der Waals surface area contributed by atoms with Gasteiger partial charge in [-0.1, -0.05) is 36.4 Å². The largest absolute Gasteiger partial charge is 0.487 e. The molecule has 1 N–H and O–H groups in total. The van der Waals surface area contributed by atoms with E-state index in [0.29, 0.717) is 6.42 Å². The Balaban J connectivity index is 1.73. The van der Waals surface area contributed by atoms with E-state index in [1.54, 1.807) is 6.92 Å². The molecule has 0 aromatic heterocycles. The molecule has 2 atom stereocenters. The molecular weight excluding hydrogens is 314 g/mol. The molecule has 132 valence electrons. The number of aryl methyl sites for hydroxylation is 1. The Morgan fingerprint density at radius 1 is 1.20 bits per heavy atom. The SMILES string of the molecule is Cc1ccccc1O[C@H](C)C(=O)N[C@@H]1CC(C)(C)Oc2ccccc21. The van der Waals surface area contributed by atoms with Crippen LogP contribution in [-0.4, -0.2) is 17.6 Å². The zero-order chi connectivity index (χ0) is 18.0. The van der Waals surface area contributed by atoms with Gasteiger partial charge in [-0.05, 0) is 45.4 Å². The number of rotatable bonds is 4. The first kappa shape index (κ1) is 17.3. The topological polar surface area (TPSA) is 47.6 Å². The lowest BCUT2D eigenvalue weighted by Gasteiger charge is -2.38. The van der Waals surface area contributed by atoms with E-state index < -0.39 is 6.10 Å². The van der Waals surface area contributed by atoms with Crippen molar-refractivity contribution in [1.82, 2.24) is 5.32 Å². The van der Waals surface area contributed by atoms with Gasteiger partial charge in [0.05, 0.1) is 6.04 Å². The lowest BCUT2D eigenvalue weighted by atomic mass is 9.89. The second-order valence-corrected chi connectivity index (χ2v) is 7.19. The van der Waals surface area contributed by atoms with Crippen LogP contribution in [0.15, 0.2) is 48.5 Å². The van der Waals surface area contributed by atoms with E-state index in [2.05, 4.69) is 5.32 Å². The summed E-state index contributed by atoms with van der Waals surface area (Å²) in [6, 6.07) is 15.5. The maximum atomic E-state index is 12.7. The lowest BCUT2D eigenvalue weighted by molar-refractivity contribution is -0.128. The Morgan fingerprint density at radius 2 is 1.88 bits per heavy atom. The number of nitrogens with one attached hydrogen (secondary N) is 1. The maximum absolute atomic E-state index is 12.7. The third kappa shape index (κ3) is 3.95. The van der Waals surface area contributed by atoms with Gasteiger partial charge in [-0.3, -0.25) is 4.79 Å². The zero-order valence-corrected chi connectivity index (χ0v) is 15.2. The van der Waals surface area contributed by atoms with Crippen LogP contribution in [-0.2, 0) is 4.79 Å². The Labute approximate surface area is 149 Å². The van der Waals surface area contributed by atoms with Crippen molar-refractivity contribution in [3.63, 3.8) is 0 Å². The van der Waals surface area contributed by atoms with Gasteiger partial charge in [-0.25, -0.2) is 0 Å². The summed E-state index contributed by atoms with van der Waals surface area (Å²) in [6.07, 6.45) is 0.145. The number of para-hydroxylation sites is 2. The molecule has 4 heteroatoms. The van der Waals surface area contributed by atoms with Crippen molar-refractivity contribution < 1.29 is 14.3 Å². The van der Waals surface area contributed by atoms with Gasteiger partial charge in [0, 0.05) is 12.0 Å². The Kier molecular flexibility index (Phi) is 4.71. The molecule has 0 saturated heterocycles. The van der Waals surface area contributed by atoms with Crippen molar-refractivity contribution in [3.05, 3.63) is 59.7 Å². The molecule has 4 nitrogen and oxygen atoms in total. The van der Waals surface area contributed by atoms with Gasteiger partial charge in [-0.2, -0.15) is 0 Å². The van der Waals surface area contributed by atoms with Crippen molar-refractivity contribution in [1.29, 1.82) is 0 Å². The van der Waals surface area contributed by atoms with Crippen LogP contribution >= 0.6 is 0 Å². The quantitative estimate of drug-likeness (QED) is 0.909. The molecule has 0 spiro atoms. The highest BCUT2D eigenvalue weighted by molar-refractivity contribution is 5.81. The first-order chi connectivity index (χ1) is 11.9. The zero-order valence-electron chi connectivity index (χ0n) is 15.2. The second-order valence-electron chi connectivity index (χ2n) is 7.19. The molecule has 0 bridgehead atoms. The number of benzene rings is 2. The third-order valence-electron chi connectivity index (χ3n) is 4.46. The molecule has 0 saturated carbocycles. The fourth-order valence-corrected chi connectivity index (χ4v) is 3.15. The number of hydrogen-bond acceptors (Lipinski definition) is 3. The summed E-state index contributed by atoms with van der Waals surface area (Å²) in [7, 11) is 0. The highest BCUT2D eigenvalue weighted by Gasteiger charge is 2.35. The van der Waals surface area contributed by atoms with E-state index in [4.69, 9.17) is 9.47 Å². The first-order valence-electron chi connectivity index (χ1n) is 8.66. The van der Waals surface area contributed by atoms with Crippen LogP contribution in [0.25, 0.3) is 0 Å². The first-order valence-corrected chi connectivity index (χ1v) is 8.66. The van der Waals surface area contributed by atoms with Gasteiger partial charge < -0.3 is 14.8 Å². The highest BCUT2D eigenvalue weighted by atomic mass is 16.5. The molecule has 25 heavy (non-hydrogen) atoms. The molecular formula is C21H25NO3. The minimum absolute atomic E-state index is 0.0876. The van der Waals surface area contributed by atoms with Crippen LogP contribution in [0.5, 0.6) is 11.5 Å². The summed E-state index contributed by atoms with van der Waals surface area (Å²) < 4.78 is 11.9. The predicted molar refractivity (Wildman–Crippen MR) is 97.9 cm³/mol. The molecule has 1 aliphatic rings. The predicted octanol–water partition coefficient (Wildman–Crippen LogP) is 4.18. The Hall–Kier alpha value is -2.49. The van der Waals surface area contributed by atoms with Crippen LogP contribution in [0.2, 0.25) is 0 Å². The number of amides is 1. The van der Waals surface area contributed by atoms with E-state index in [1.807, 2.05) is 69.3 Å². The fraction of sp³-hybridized carbons (Fsp3) is 0.381. The lowest BCUT2D eigenvalue weighted by Crippen LogP contribution is -2.44. The highest BCUT2D eigenvalue weighted by Crippen LogP contribution is 2.39. The summed E-state index contributed by atoms with van der Waals surface area (Å²) in [6.45, 7) is 7.82. The second kappa shape index (κ2) is 6.79. The Bertz CT molecular complexity index is 769. The summed E-state index contributed by atoms with van der Waals surface area (Å²) in [5.74, 6) is 1.44. The number of carbonyl (C=O) groups excluding carboxylic acids is 1. The molecule has 0 unspecified atom stereocenters. The van der Waals surface area contributed by atoms with Crippen LogP contribution in [0.1, 0.15) is 44.4 Å². The van der Waals surface area contributed by atoms with E-state index in [-0.39, 0.29) is 17.6 Å². The van der Waals surface area contributed by atoms with Gasteiger partial charge in [-0.15, -0.1) is 0 Å². The van der Waals surface area contributed by atoms with E-state index in [9.17, 15) is 4.79 Å². The average Bonchev–Trinajstić information content (AvgIpc) is 2.55. The van der Waals surface area contributed by atoms with Crippen molar-refractivity contribution in [2.45, 2.75) is 51.9 Å². The van der Waals surface area contributed by atoms with Gasteiger partial charge in [0.15, 0.2) is 6.10 Å². The van der Waals surface area contributed by atoms with Gasteiger partial charge >= 0.3 is 0 Å². The molecule has 2 aromatic carbocycles. The molecule has 0 radical (unpaired) electrons. The van der Waals surface area contributed by atoms with Crippen molar-refractivity contribution in [2.75, 3.05) is 0 Å². The third-order valence-corrected chi connectivity index (χ3v) is 4.46. The van der Waals surface area contributed by atoms with E-state index >= 15 is 0 Å². The van der Waals surface area contributed by atoms with Gasteiger partial charge in [0.1, 0.15) is 17.1 Å². The number of carbonyl (C=O) groups is 1. The molecule has 1 aliphatic heterocycles. The van der Waals surface area contributed by atoms with Gasteiger partial charge in [0.2, 0.25) is 0 Å². The molecule has 2 aromatic rings. The standard InChI is InChI=1S/C21H25NO3/c1-14-9-5-7-11-18(14)24-15(2)20(23)22-17-13-21(3,4)25-19-12-8-6-10-16(17)19/h5-12,15,17H,13H2,1-4H3,(H,22,23)/t15-,17-/m1/s1. The van der Waals surface area contributed by atoms with Gasteiger partial charge in [0.25, 0.3) is 5.91 Å². The number of fused-ring (bicyclic) bond motifs is 1. The fourth-order valence-electron chi connectivity index (χ4n) is 3.15.